The number of nitrogens with two attached hydrogens (primary N) is 1. The fraction of sp³-hybridized carbons (Fsp3) is 0.269. The molecular weight excluding hydrogens is 354 g/mol. The number of pyridine rings is 1. The summed E-state index contributed by atoms with van der Waals surface area (Å²) in [7, 11) is 0. The van der Waals surface area contributed by atoms with Gasteiger partial charge in [-0.05, 0) is 49.2 Å². The van der Waals surface area contributed by atoms with Crippen LogP contribution < -0.4 is 10.6 Å². The maximum Gasteiger partial charge on any atom is 0.0730 e. The Morgan fingerprint density at radius 2 is 1.48 bits per heavy atom. The van der Waals surface area contributed by atoms with Gasteiger partial charge in [-0.3, -0.25) is 0 Å². The fourth-order valence-electron chi connectivity index (χ4n) is 3.95. The van der Waals surface area contributed by atoms with Crippen molar-refractivity contribution < 1.29 is 0 Å². The number of hydrogen-bond acceptors (Lipinski definition) is 3. The molecule has 1 aromatic heterocycles. The highest BCUT2D eigenvalue weighted by Crippen LogP contribution is 2.30. The zero-order valence-corrected chi connectivity index (χ0v) is 16.9. The van der Waals surface area contributed by atoms with Crippen molar-refractivity contribution in [1.82, 2.24) is 4.98 Å². The Hall–Kier alpha value is -2.91. The summed E-state index contributed by atoms with van der Waals surface area (Å²) < 4.78 is 0. The molecule has 0 fully saturated rings. The lowest BCUT2D eigenvalue weighted by atomic mass is 10.1. The molecular formula is C26H29N3. The van der Waals surface area contributed by atoms with Crippen molar-refractivity contribution in [2.45, 2.75) is 32.2 Å². The molecule has 148 valence electrons. The van der Waals surface area contributed by atoms with E-state index in [0.29, 0.717) is 0 Å². The summed E-state index contributed by atoms with van der Waals surface area (Å²) in [6.45, 7) is 2.73. The first-order valence-corrected chi connectivity index (χ1v) is 10.6. The maximum atomic E-state index is 5.65. The van der Waals surface area contributed by atoms with Crippen molar-refractivity contribution in [2.75, 3.05) is 18.0 Å². The van der Waals surface area contributed by atoms with Crippen LogP contribution in [0.25, 0.3) is 21.8 Å². The third kappa shape index (κ3) is 4.75. The SMILES string of the molecule is NCCCCCCN(Cc1ccccc1)c1cccc2nc3ccccc3cc12. The van der Waals surface area contributed by atoms with Gasteiger partial charge in [-0.2, -0.15) is 0 Å². The normalized spacial score (nSPS) is 11.2. The third-order valence-corrected chi connectivity index (χ3v) is 5.48. The van der Waals surface area contributed by atoms with Gasteiger partial charge in [-0.1, -0.05) is 67.4 Å². The highest BCUT2D eigenvalue weighted by Gasteiger charge is 2.12. The van der Waals surface area contributed by atoms with E-state index in [4.69, 9.17) is 10.7 Å². The van der Waals surface area contributed by atoms with Crippen molar-refractivity contribution in [3.05, 3.63) is 84.4 Å². The van der Waals surface area contributed by atoms with E-state index in [9.17, 15) is 0 Å². The Labute approximate surface area is 173 Å². The predicted octanol–water partition coefficient (Wildman–Crippen LogP) is 5.91. The number of hydrogen-bond donors (Lipinski definition) is 1. The lowest BCUT2D eigenvalue weighted by Gasteiger charge is -2.26. The van der Waals surface area contributed by atoms with Crippen LogP contribution in [0.4, 0.5) is 5.69 Å². The van der Waals surface area contributed by atoms with E-state index in [1.54, 1.807) is 0 Å². The number of anilines is 1. The molecule has 4 rings (SSSR count). The molecule has 0 radical (unpaired) electrons. The molecule has 29 heavy (non-hydrogen) atoms. The van der Waals surface area contributed by atoms with Gasteiger partial charge < -0.3 is 10.6 Å². The third-order valence-electron chi connectivity index (χ3n) is 5.48. The van der Waals surface area contributed by atoms with Crippen molar-refractivity contribution in [3.8, 4) is 0 Å². The highest BCUT2D eigenvalue weighted by atomic mass is 15.1. The number of rotatable bonds is 9. The molecule has 3 nitrogen and oxygen atoms in total. The number of aromatic nitrogens is 1. The van der Waals surface area contributed by atoms with Gasteiger partial charge in [-0.25, -0.2) is 4.98 Å². The van der Waals surface area contributed by atoms with E-state index in [-0.39, 0.29) is 0 Å². The van der Waals surface area contributed by atoms with Crippen molar-refractivity contribution in [3.63, 3.8) is 0 Å². The summed E-state index contributed by atoms with van der Waals surface area (Å²) in [6, 6.07) is 27.9. The topological polar surface area (TPSA) is 42.1 Å². The standard InChI is InChI=1S/C26H29N3/c27-17-8-1-2-9-18-29(20-21-11-4-3-5-12-21)26-16-10-15-25-23(26)19-22-13-6-7-14-24(22)28-25/h3-7,10-16,19H,1-2,8-9,17-18,20,27H2. The summed E-state index contributed by atoms with van der Waals surface area (Å²) in [5.41, 5.74) is 10.4. The van der Waals surface area contributed by atoms with E-state index in [0.717, 1.165) is 37.1 Å². The molecule has 4 aromatic rings. The maximum absolute atomic E-state index is 5.65. The van der Waals surface area contributed by atoms with Crippen molar-refractivity contribution in [2.24, 2.45) is 5.73 Å². The van der Waals surface area contributed by atoms with Gasteiger partial charge >= 0.3 is 0 Å². The van der Waals surface area contributed by atoms with E-state index in [1.165, 1.54) is 41.3 Å². The van der Waals surface area contributed by atoms with Crippen LogP contribution in [0.2, 0.25) is 0 Å². The molecule has 0 unspecified atom stereocenters. The van der Waals surface area contributed by atoms with E-state index < -0.39 is 0 Å². The van der Waals surface area contributed by atoms with Crippen LogP contribution in [0, 0.1) is 0 Å². The lowest BCUT2D eigenvalue weighted by Crippen LogP contribution is -2.24. The van der Waals surface area contributed by atoms with Gasteiger partial charge in [0.1, 0.15) is 0 Å². The number of unbranched alkanes of at least 4 members (excludes halogenated alkanes) is 3. The average molecular weight is 384 g/mol. The summed E-state index contributed by atoms with van der Waals surface area (Å²) in [5, 5.41) is 2.42. The van der Waals surface area contributed by atoms with Gasteiger partial charge in [0.25, 0.3) is 0 Å². The lowest BCUT2D eigenvalue weighted by molar-refractivity contribution is 0.629. The van der Waals surface area contributed by atoms with E-state index >= 15 is 0 Å². The minimum atomic E-state index is 0.787. The summed E-state index contributed by atoms with van der Waals surface area (Å²) in [6.07, 6.45) is 4.71. The molecule has 0 aliphatic rings. The van der Waals surface area contributed by atoms with Gasteiger partial charge in [-0.15, -0.1) is 0 Å². The molecule has 0 saturated carbocycles. The van der Waals surface area contributed by atoms with Crippen LogP contribution in [0.5, 0.6) is 0 Å². The fourth-order valence-corrected chi connectivity index (χ4v) is 3.95. The molecule has 0 amide bonds. The molecule has 0 aliphatic carbocycles. The van der Waals surface area contributed by atoms with Crippen LogP contribution in [0.15, 0.2) is 78.9 Å². The van der Waals surface area contributed by atoms with Gasteiger partial charge in [0.05, 0.1) is 11.0 Å². The second kappa shape index (κ2) is 9.53. The van der Waals surface area contributed by atoms with Gasteiger partial charge in [0.2, 0.25) is 0 Å². The minimum absolute atomic E-state index is 0.787. The van der Waals surface area contributed by atoms with E-state index in [1.807, 2.05) is 6.07 Å². The molecule has 0 atom stereocenters. The Kier molecular flexibility index (Phi) is 6.38. The molecule has 0 bridgehead atoms. The zero-order chi connectivity index (χ0) is 19.9. The van der Waals surface area contributed by atoms with Crippen molar-refractivity contribution >= 4 is 27.5 Å². The van der Waals surface area contributed by atoms with E-state index in [2.05, 4.69) is 77.7 Å². The number of para-hydroxylation sites is 1. The number of nitrogens with zero attached hydrogens (tertiary/aromatic N) is 2. The summed E-state index contributed by atoms with van der Waals surface area (Å²) in [4.78, 5) is 7.42. The number of benzene rings is 3. The smallest absolute Gasteiger partial charge is 0.0730 e. The van der Waals surface area contributed by atoms with Gasteiger partial charge in [0.15, 0.2) is 0 Å². The molecule has 0 aliphatic heterocycles. The van der Waals surface area contributed by atoms with Crippen LogP contribution >= 0.6 is 0 Å². The van der Waals surface area contributed by atoms with Crippen molar-refractivity contribution in [1.29, 1.82) is 0 Å². The first-order chi connectivity index (χ1) is 14.3. The first-order valence-electron chi connectivity index (χ1n) is 10.6. The second-order valence-corrected chi connectivity index (χ2v) is 7.63. The Bertz CT molecular complexity index is 1060. The van der Waals surface area contributed by atoms with Crippen LogP contribution in [-0.2, 0) is 6.54 Å². The first kappa shape index (κ1) is 19.4. The van der Waals surface area contributed by atoms with Gasteiger partial charge in [0, 0.05) is 29.5 Å². The Morgan fingerprint density at radius 1 is 0.724 bits per heavy atom. The summed E-state index contributed by atoms with van der Waals surface area (Å²) in [5.74, 6) is 0. The highest BCUT2D eigenvalue weighted by molar-refractivity contribution is 5.99. The average Bonchev–Trinajstić information content (AvgIpc) is 2.77. The van der Waals surface area contributed by atoms with Crippen LogP contribution in [0.3, 0.4) is 0 Å². The van der Waals surface area contributed by atoms with Crippen LogP contribution in [0.1, 0.15) is 31.2 Å². The molecule has 0 spiro atoms. The number of fused-ring (bicyclic) bond motifs is 2. The summed E-state index contributed by atoms with van der Waals surface area (Å²) >= 11 is 0. The molecule has 1 heterocycles. The Balaban J connectivity index is 1.68. The second-order valence-electron chi connectivity index (χ2n) is 7.63. The quantitative estimate of drug-likeness (QED) is 0.288. The largest absolute Gasteiger partial charge is 0.367 e. The molecule has 3 heteroatoms. The molecule has 2 N–H and O–H groups in total. The predicted molar refractivity (Wildman–Crippen MR) is 124 cm³/mol. The van der Waals surface area contributed by atoms with Crippen LogP contribution in [-0.4, -0.2) is 18.1 Å². The monoisotopic (exact) mass is 383 g/mol. The Morgan fingerprint density at radius 3 is 2.34 bits per heavy atom. The molecule has 0 saturated heterocycles. The minimum Gasteiger partial charge on any atom is -0.367 e. The molecule has 3 aromatic carbocycles. The zero-order valence-electron chi connectivity index (χ0n) is 16.9.